The van der Waals surface area contributed by atoms with Crippen molar-refractivity contribution >= 4 is 40.0 Å². The first-order valence-electron chi connectivity index (χ1n) is 8.91. The number of amides is 1. The third-order valence-corrected chi connectivity index (χ3v) is 5.15. The molecule has 0 atom stereocenters. The van der Waals surface area contributed by atoms with E-state index in [-0.39, 0.29) is 29.0 Å². The number of carbonyl (C=O) groups excluding carboxylic acids is 2. The molecule has 0 radical (unpaired) electrons. The number of nitrogens with one attached hydrogen (secondary N) is 1. The second kappa shape index (κ2) is 8.39. The molecular weight excluding hydrogens is 374 g/mol. The van der Waals surface area contributed by atoms with Crippen LogP contribution in [0.5, 0.6) is 0 Å². The van der Waals surface area contributed by atoms with Gasteiger partial charge in [-0.3, -0.25) is 19.0 Å². The van der Waals surface area contributed by atoms with Crippen molar-refractivity contribution in [3.63, 3.8) is 0 Å². The Balaban J connectivity index is 1.77. The molecular formula is C21H21N3O3S. The second-order valence-electron chi connectivity index (χ2n) is 6.65. The van der Waals surface area contributed by atoms with Crippen molar-refractivity contribution < 1.29 is 9.59 Å². The zero-order chi connectivity index (χ0) is 20.3. The fourth-order valence-corrected chi connectivity index (χ4v) is 3.73. The number of rotatable bonds is 6. The molecule has 6 nitrogen and oxygen atoms in total. The molecule has 3 rings (SSSR count). The van der Waals surface area contributed by atoms with Gasteiger partial charge in [0.25, 0.3) is 5.56 Å². The number of benzene rings is 2. The minimum absolute atomic E-state index is 0.0255. The summed E-state index contributed by atoms with van der Waals surface area (Å²) in [6.45, 7) is 5.33. The van der Waals surface area contributed by atoms with Gasteiger partial charge in [0.05, 0.1) is 16.7 Å². The van der Waals surface area contributed by atoms with E-state index in [1.54, 1.807) is 41.0 Å². The Kier molecular flexibility index (Phi) is 5.94. The van der Waals surface area contributed by atoms with Crippen LogP contribution in [0.4, 0.5) is 5.69 Å². The molecule has 28 heavy (non-hydrogen) atoms. The molecule has 7 heteroatoms. The number of Topliss-reactive ketones (excluding diaryl/α,β-unsaturated/α-hetero) is 1. The topological polar surface area (TPSA) is 81.1 Å². The lowest BCUT2D eigenvalue weighted by atomic mass is 10.1. The Labute approximate surface area is 167 Å². The predicted octanol–water partition coefficient (Wildman–Crippen LogP) is 3.91. The van der Waals surface area contributed by atoms with Gasteiger partial charge in [0.1, 0.15) is 0 Å². The van der Waals surface area contributed by atoms with Gasteiger partial charge >= 0.3 is 0 Å². The third kappa shape index (κ3) is 4.31. The summed E-state index contributed by atoms with van der Waals surface area (Å²) < 4.78 is 1.61. The van der Waals surface area contributed by atoms with E-state index < -0.39 is 0 Å². The zero-order valence-corrected chi connectivity index (χ0v) is 16.7. The highest BCUT2D eigenvalue weighted by Crippen LogP contribution is 2.21. The maximum absolute atomic E-state index is 12.8. The van der Waals surface area contributed by atoms with Crippen molar-refractivity contribution in [2.24, 2.45) is 0 Å². The number of hydrogen-bond donors (Lipinski definition) is 1. The third-order valence-electron chi connectivity index (χ3n) is 4.20. The number of carbonyl (C=O) groups is 2. The largest absolute Gasteiger partial charge is 0.325 e. The number of para-hydroxylation sites is 1. The SMILES string of the molecule is CC(=O)c1ccc(NC(=O)CSc2nc3ccccc3c(=O)n2C(C)C)cc1. The highest BCUT2D eigenvalue weighted by atomic mass is 32.2. The number of nitrogens with zero attached hydrogens (tertiary/aromatic N) is 2. The van der Waals surface area contributed by atoms with E-state index in [1.807, 2.05) is 26.0 Å². The maximum Gasteiger partial charge on any atom is 0.262 e. The fraction of sp³-hybridized carbons (Fsp3) is 0.238. The summed E-state index contributed by atoms with van der Waals surface area (Å²) in [5.74, 6) is -0.118. The van der Waals surface area contributed by atoms with Gasteiger partial charge in [-0.15, -0.1) is 0 Å². The Bertz CT molecular complexity index is 1090. The van der Waals surface area contributed by atoms with Gasteiger partial charge in [-0.05, 0) is 57.2 Å². The molecule has 1 aromatic heterocycles. The summed E-state index contributed by atoms with van der Waals surface area (Å²) in [6, 6.07) is 13.9. The summed E-state index contributed by atoms with van der Waals surface area (Å²) in [5, 5.41) is 3.87. The van der Waals surface area contributed by atoms with E-state index in [4.69, 9.17) is 0 Å². The lowest BCUT2D eigenvalue weighted by Crippen LogP contribution is -2.25. The normalized spacial score (nSPS) is 11.0. The average Bonchev–Trinajstić information content (AvgIpc) is 2.66. The van der Waals surface area contributed by atoms with Gasteiger partial charge in [0.2, 0.25) is 5.91 Å². The predicted molar refractivity (Wildman–Crippen MR) is 112 cm³/mol. The van der Waals surface area contributed by atoms with Crippen LogP contribution in [0.2, 0.25) is 0 Å². The zero-order valence-electron chi connectivity index (χ0n) is 15.9. The van der Waals surface area contributed by atoms with E-state index in [9.17, 15) is 14.4 Å². The monoisotopic (exact) mass is 395 g/mol. The summed E-state index contributed by atoms with van der Waals surface area (Å²) >= 11 is 1.23. The van der Waals surface area contributed by atoms with E-state index in [2.05, 4.69) is 10.3 Å². The molecule has 144 valence electrons. The molecule has 2 aromatic carbocycles. The number of aromatic nitrogens is 2. The summed E-state index contributed by atoms with van der Waals surface area (Å²) in [5.41, 5.74) is 1.72. The Hall–Kier alpha value is -2.93. The standard InChI is InChI=1S/C21H21N3O3S/c1-13(2)24-20(27)17-6-4-5-7-18(17)23-21(24)28-12-19(26)22-16-10-8-15(9-11-16)14(3)25/h4-11,13H,12H2,1-3H3,(H,22,26). The van der Waals surface area contributed by atoms with Gasteiger partial charge in [0, 0.05) is 17.3 Å². The number of fused-ring (bicyclic) bond motifs is 1. The molecule has 1 heterocycles. The van der Waals surface area contributed by atoms with Crippen LogP contribution in [0.1, 0.15) is 37.2 Å². The molecule has 0 saturated carbocycles. The van der Waals surface area contributed by atoms with Crippen molar-refractivity contribution in [2.45, 2.75) is 32.0 Å². The molecule has 3 aromatic rings. The van der Waals surface area contributed by atoms with Crippen molar-refractivity contribution in [3.8, 4) is 0 Å². The number of ketones is 1. The van der Waals surface area contributed by atoms with Crippen LogP contribution in [0, 0.1) is 0 Å². The van der Waals surface area contributed by atoms with Crippen LogP contribution in [-0.2, 0) is 4.79 Å². The van der Waals surface area contributed by atoms with Gasteiger partial charge in [0.15, 0.2) is 10.9 Å². The van der Waals surface area contributed by atoms with Crippen LogP contribution in [0.3, 0.4) is 0 Å². The summed E-state index contributed by atoms with van der Waals surface area (Å²) in [7, 11) is 0. The lowest BCUT2D eigenvalue weighted by molar-refractivity contribution is -0.113. The first-order valence-corrected chi connectivity index (χ1v) is 9.90. The molecule has 0 spiro atoms. The molecule has 0 aliphatic carbocycles. The maximum atomic E-state index is 12.8. The summed E-state index contributed by atoms with van der Waals surface area (Å²) in [6.07, 6.45) is 0. The van der Waals surface area contributed by atoms with E-state index in [0.717, 1.165) is 0 Å². The molecule has 0 unspecified atom stereocenters. The van der Waals surface area contributed by atoms with Crippen LogP contribution in [0.25, 0.3) is 10.9 Å². The van der Waals surface area contributed by atoms with Gasteiger partial charge < -0.3 is 5.32 Å². The van der Waals surface area contributed by atoms with E-state index in [1.165, 1.54) is 18.7 Å². The number of thioether (sulfide) groups is 1. The lowest BCUT2D eigenvalue weighted by Gasteiger charge is -2.16. The minimum Gasteiger partial charge on any atom is -0.325 e. The number of hydrogen-bond acceptors (Lipinski definition) is 5. The van der Waals surface area contributed by atoms with Crippen molar-refractivity contribution in [3.05, 3.63) is 64.4 Å². The van der Waals surface area contributed by atoms with Gasteiger partial charge in [-0.25, -0.2) is 4.98 Å². The quantitative estimate of drug-likeness (QED) is 0.389. The minimum atomic E-state index is -0.210. The second-order valence-corrected chi connectivity index (χ2v) is 7.59. The molecule has 1 N–H and O–H groups in total. The van der Waals surface area contributed by atoms with Crippen LogP contribution in [-0.4, -0.2) is 27.0 Å². The van der Waals surface area contributed by atoms with Crippen LogP contribution >= 0.6 is 11.8 Å². The van der Waals surface area contributed by atoms with Crippen molar-refractivity contribution in [2.75, 3.05) is 11.1 Å². The van der Waals surface area contributed by atoms with Gasteiger partial charge in [-0.1, -0.05) is 23.9 Å². The first kappa shape index (κ1) is 19.8. The molecule has 0 aliphatic rings. The average molecular weight is 395 g/mol. The molecule has 1 amide bonds. The molecule has 0 saturated heterocycles. The van der Waals surface area contributed by atoms with Crippen molar-refractivity contribution in [1.82, 2.24) is 9.55 Å². The molecule has 0 aliphatic heterocycles. The fourth-order valence-electron chi connectivity index (χ4n) is 2.80. The van der Waals surface area contributed by atoms with Gasteiger partial charge in [-0.2, -0.15) is 0 Å². The van der Waals surface area contributed by atoms with Crippen LogP contribution in [0.15, 0.2) is 58.5 Å². The Morgan fingerprint density at radius 1 is 1.11 bits per heavy atom. The van der Waals surface area contributed by atoms with Crippen LogP contribution < -0.4 is 10.9 Å². The smallest absolute Gasteiger partial charge is 0.262 e. The first-order chi connectivity index (χ1) is 13.4. The molecule has 0 fully saturated rings. The van der Waals surface area contributed by atoms with Crippen molar-refractivity contribution in [1.29, 1.82) is 0 Å². The summed E-state index contributed by atoms with van der Waals surface area (Å²) in [4.78, 5) is 41.0. The Morgan fingerprint density at radius 3 is 2.43 bits per heavy atom. The van der Waals surface area contributed by atoms with E-state index in [0.29, 0.717) is 27.3 Å². The molecule has 0 bridgehead atoms. The van der Waals surface area contributed by atoms with E-state index >= 15 is 0 Å². The Morgan fingerprint density at radius 2 is 1.79 bits per heavy atom. The number of anilines is 1. The highest BCUT2D eigenvalue weighted by Gasteiger charge is 2.15. The highest BCUT2D eigenvalue weighted by molar-refractivity contribution is 7.99.